The third kappa shape index (κ3) is 4.39. The molecule has 0 unspecified atom stereocenters. The van der Waals surface area contributed by atoms with Gasteiger partial charge in [0, 0.05) is 58.7 Å². The van der Waals surface area contributed by atoms with E-state index in [9.17, 15) is 0 Å². The highest BCUT2D eigenvalue weighted by Crippen LogP contribution is 2.45. The van der Waals surface area contributed by atoms with E-state index in [2.05, 4.69) is 163 Å². The molecule has 3 heterocycles. The molecule has 0 N–H and O–H groups in total. The summed E-state index contributed by atoms with van der Waals surface area (Å²) in [5.74, 6) is 0.627. The summed E-state index contributed by atoms with van der Waals surface area (Å²) in [5.41, 5.74) is 7.63. The van der Waals surface area contributed by atoms with Gasteiger partial charge in [0.1, 0.15) is 16.7 Å². The summed E-state index contributed by atoms with van der Waals surface area (Å²) in [6.07, 6.45) is 0. The maximum absolute atomic E-state index is 6.59. The molecule has 0 saturated heterocycles. The minimum atomic E-state index is 0.627. The first kappa shape index (κ1) is 29.6. The molecule has 0 aliphatic carbocycles. The predicted molar refractivity (Wildman–Crippen MR) is 227 cm³/mol. The molecule has 0 saturated carbocycles. The van der Waals surface area contributed by atoms with Crippen LogP contribution in [0.3, 0.4) is 0 Å². The lowest BCUT2D eigenvalue weighted by atomic mass is 9.99. The number of hydrogen-bond donors (Lipinski definition) is 0. The van der Waals surface area contributed by atoms with Gasteiger partial charge in [-0.05, 0) is 100 Å². The van der Waals surface area contributed by atoms with E-state index >= 15 is 0 Å². The molecule has 12 aromatic rings. The van der Waals surface area contributed by atoms with E-state index in [4.69, 9.17) is 13.8 Å². The standard InChI is InChI=1S/C49H28N2O2S/c1-2-9-30-26-31(17-16-29(30)8-1)49-50-42-23-22-35-34-12-7-13-43(36(34)20-21-39(35)48(42)53-49)51(32-18-24-45-40(27-32)37-10-3-5-14-44(37)52-45)33-19-25-47-41(28-33)38-11-4-6-15-46(38)54-47/h1-28H. The van der Waals surface area contributed by atoms with Gasteiger partial charge in [-0.25, -0.2) is 4.98 Å². The highest BCUT2D eigenvalue weighted by atomic mass is 32.1. The van der Waals surface area contributed by atoms with Crippen LogP contribution in [-0.2, 0) is 0 Å². The average molecular weight is 709 g/mol. The molecule has 9 aromatic carbocycles. The average Bonchev–Trinajstić information content (AvgIpc) is 3.94. The number of oxazole rings is 1. The van der Waals surface area contributed by atoms with Crippen molar-refractivity contribution in [1.29, 1.82) is 0 Å². The first-order valence-electron chi connectivity index (χ1n) is 18.1. The molecule has 0 aliphatic heterocycles. The molecule has 252 valence electrons. The second-order valence-corrected chi connectivity index (χ2v) is 15.0. The van der Waals surface area contributed by atoms with Gasteiger partial charge in [0.05, 0.1) is 5.69 Å². The van der Waals surface area contributed by atoms with Crippen molar-refractivity contribution in [3.05, 3.63) is 170 Å². The molecule has 0 spiro atoms. The van der Waals surface area contributed by atoms with Crippen LogP contribution in [0.1, 0.15) is 0 Å². The van der Waals surface area contributed by atoms with E-state index in [0.717, 1.165) is 82.6 Å². The largest absolute Gasteiger partial charge is 0.456 e. The Kier molecular flexibility index (Phi) is 6.18. The van der Waals surface area contributed by atoms with Crippen molar-refractivity contribution in [2.45, 2.75) is 0 Å². The number of furan rings is 1. The smallest absolute Gasteiger partial charge is 0.227 e. The summed E-state index contributed by atoms with van der Waals surface area (Å²) in [5, 5.41) is 11.6. The molecule has 3 aromatic heterocycles. The summed E-state index contributed by atoms with van der Waals surface area (Å²) in [4.78, 5) is 7.34. The number of rotatable bonds is 4. The van der Waals surface area contributed by atoms with Gasteiger partial charge in [0.25, 0.3) is 0 Å². The third-order valence-electron chi connectivity index (χ3n) is 10.9. The molecule has 0 aliphatic rings. The zero-order chi connectivity index (χ0) is 35.3. The van der Waals surface area contributed by atoms with Crippen LogP contribution >= 0.6 is 11.3 Å². The fraction of sp³-hybridized carbons (Fsp3) is 0. The van der Waals surface area contributed by atoms with Crippen molar-refractivity contribution in [2.24, 2.45) is 0 Å². The zero-order valence-electron chi connectivity index (χ0n) is 28.8. The Hall–Kier alpha value is -6.95. The van der Waals surface area contributed by atoms with Gasteiger partial charge in [-0.1, -0.05) is 91.0 Å². The second kappa shape index (κ2) is 11.3. The van der Waals surface area contributed by atoms with E-state index in [1.54, 1.807) is 0 Å². The van der Waals surface area contributed by atoms with Gasteiger partial charge in [-0.2, -0.15) is 0 Å². The molecular formula is C49H28N2O2S. The Morgan fingerprint density at radius 1 is 0.426 bits per heavy atom. The second-order valence-electron chi connectivity index (χ2n) is 13.9. The molecule has 5 heteroatoms. The lowest BCUT2D eigenvalue weighted by molar-refractivity contribution is 0.623. The van der Waals surface area contributed by atoms with Gasteiger partial charge >= 0.3 is 0 Å². The van der Waals surface area contributed by atoms with Crippen LogP contribution in [0.15, 0.2) is 179 Å². The molecule has 0 bridgehead atoms. The number of aromatic nitrogens is 1. The number of benzene rings is 9. The van der Waals surface area contributed by atoms with Crippen LogP contribution in [0.25, 0.3) is 97.0 Å². The Morgan fingerprint density at radius 3 is 2.07 bits per heavy atom. The van der Waals surface area contributed by atoms with Gasteiger partial charge in [0.15, 0.2) is 5.58 Å². The number of hydrogen-bond acceptors (Lipinski definition) is 5. The van der Waals surface area contributed by atoms with Gasteiger partial charge in [0.2, 0.25) is 5.89 Å². The van der Waals surface area contributed by atoms with Gasteiger partial charge in [-0.15, -0.1) is 11.3 Å². The van der Waals surface area contributed by atoms with E-state index in [-0.39, 0.29) is 0 Å². The fourth-order valence-electron chi connectivity index (χ4n) is 8.32. The Morgan fingerprint density at radius 2 is 1.13 bits per heavy atom. The number of para-hydroxylation sites is 1. The predicted octanol–water partition coefficient (Wildman–Crippen LogP) is 14.7. The summed E-state index contributed by atoms with van der Waals surface area (Å²) in [7, 11) is 0. The number of anilines is 3. The SMILES string of the molecule is c1ccc2cc(-c3nc4ccc5c6cccc(N(c7ccc8oc9ccccc9c8c7)c7ccc8sc9ccccc9c8c7)c6ccc5c4o3)ccc2c1. The summed E-state index contributed by atoms with van der Waals surface area (Å²) < 4.78 is 15.4. The Balaban J connectivity index is 1.07. The molecule has 54 heavy (non-hydrogen) atoms. The maximum atomic E-state index is 6.59. The molecule has 0 amide bonds. The van der Waals surface area contributed by atoms with E-state index in [1.807, 2.05) is 23.5 Å². The maximum Gasteiger partial charge on any atom is 0.227 e. The summed E-state index contributed by atoms with van der Waals surface area (Å²) >= 11 is 1.84. The summed E-state index contributed by atoms with van der Waals surface area (Å²) in [6.45, 7) is 0. The molecule has 0 fully saturated rings. The van der Waals surface area contributed by atoms with Crippen molar-refractivity contribution < 1.29 is 8.83 Å². The van der Waals surface area contributed by atoms with E-state index < -0.39 is 0 Å². The van der Waals surface area contributed by atoms with Crippen LogP contribution in [0, 0.1) is 0 Å². The van der Waals surface area contributed by atoms with E-state index in [1.165, 1.54) is 25.6 Å². The minimum Gasteiger partial charge on any atom is -0.456 e. The molecule has 12 rings (SSSR count). The van der Waals surface area contributed by atoms with Crippen molar-refractivity contribution in [3.8, 4) is 11.5 Å². The first-order chi connectivity index (χ1) is 26.7. The zero-order valence-corrected chi connectivity index (χ0v) is 29.6. The van der Waals surface area contributed by atoms with Crippen LogP contribution in [0.5, 0.6) is 0 Å². The molecule has 4 nitrogen and oxygen atoms in total. The quantitative estimate of drug-likeness (QED) is 0.171. The van der Waals surface area contributed by atoms with Crippen LogP contribution in [0.2, 0.25) is 0 Å². The van der Waals surface area contributed by atoms with E-state index in [0.29, 0.717) is 5.89 Å². The van der Waals surface area contributed by atoms with Gasteiger partial charge in [-0.3, -0.25) is 0 Å². The lowest BCUT2D eigenvalue weighted by Gasteiger charge is -2.27. The molecule has 0 atom stereocenters. The first-order valence-corrected chi connectivity index (χ1v) is 18.9. The van der Waals surface area contributed by atoms with Gasteiger partial charge < -0.3 is 13.7 Å². The van der Waals surface area contributed by atoms with Crippen LogP contribution in [-0.4, -0.2) is 4.98 Å². The lowest BCUT2D eigenvalue weighted by Crippen LogP contribution is -2.10. The minimum absolute atomic E-state index is 0.627. The van der Waals surface area contributed by atoms with Crippen molar-refractivity contribution >= 4 is 114 Å². The molecular weight excluding hydrogens is 681 g/mol. The van der Waals surface area contributed by atoms with Crippen LogP contribution in [0.4, 0.5) is 17.1 Å². The topological polar surface area (TPSA) is 42.4 Å². The number of thiophene rings is 1. The Labute approximate surface area is 312 Å². The Bertz CT molecular complexity index is 3370. The molecule has 0 radical (unpaired) electrons. The highest BCUT2D eigenvalue weighted by Gasteiger charge is 2.21. The monoisotopic (exact) mass is 708 g/mol. The number of nitrogens with zero attached hydrogens (tertiary/aromatic N) is 2. The number of fused-ring (bicyclic) bond motifs is 12. The van der Waals surface area contributed by atoms with Crippen molar-refractivity contribution in [1.82, 2.24) is 4.98 Å². The highest BCUT2D eigenvalue weighted by molar-refractivity contribution is 7.25. The summed E-state index contributed by atoms with van der Waals surface area (Å²) in [6, 6.07) is 60.4. The fourth-order valence-corrected chi connectivity index (χ4v) is 9.40. The van der Waals surface area contributed by atoms with Crippen LogP contribution < -0.4 is 4.90 Å². The normalized spacial score (nSPS) is 12.1. The third-order valence-corrected chi connectivity index (χ3v) is 12.0. The van der Waals surface area contributed by atoms with Crippen molar-refractivity contribution in [2.75, 3.05) is 4.90 Å². The van der Waals surface area contributed by atoms with Crippen molar-refractivity contribution in [3.63, 3.8) is 0 Å².